The highest BCUT2D eigenvalue weighted by Gasteiger charge is 2.23. The van der Waals surface area contributed by atoms with Gasteiger partial charge in [-0.15, -0.1) is 0 Å². The number of fused-ring (bicyclic) bond motifs is 1. The first kappa shape index (κ1) is 25.6. The van der Waals surface area contributed by atoms with Crippen LogP contribution >= 0.6 is 11.6 Å². The van der Waals surface area contributed by atoms with E-state index in [0.29, 0.717) is 33.7 Å². The Bertz CT molecular complexity index is 1820. The topological polar surface area (TPSA) is 146 Å². The van der Waals surface area contributed by atoms with E-state index in [1.54, 1.807) is 24.3 Å². The molecule has 2 aromatic heterocycles. The lowest BCUT2D eigenvalue weighted by Crippen LogP contribution is -2.36. The van der Waals surface area contributed by atoms with Crippen molar-refractivity contribution in [3.8, 4) is 17.2 Å². The molecule has 0 radical (unpaired) electrons. The zero-order valence-corrected chi connectivity index (χ0v) is 21.0. The van der Waals surface area contributed by atoms with Gasteiger partial charge in [-0.1, -0.05) is 11.6 Å². The number of anilines is 4. The summed E-state index contributed by atoms with van der Waals surface area (Å²) in [6.45, 7) is -0.700. The second-order valence-electron chi connectivity index (χ2n) is 8.33. The number of rotatable bonds is 9. The van der Waals surface area contributed by atoms with Crippen LogP contribution in [0, 0.1) is 0 Å². The fourth-order valence-electron chi connectivity index (χ4n) is 3.91. The van der Waals surface area contributed by atoms with Gasteiger partial charge in [0, 0.05) is 29.9 Å². The minimum atomic E-state index is -0.738. The smallest absolute Gasteiger partial charge is 0.253 e. The molecule has 3 aromatic carbocycles. The highest BCUT2D eigenvalue weighted by Crippen LogP contribution is 2.36. The van der Waals surface area contributed by atoms with Crippen molar-refractivity contribution in [2.24, 2.45) is 5.73 Å². The number of pyridine rings is 2. The first-order valence-corrected chi connectivity index (χ1v) is 11.8. The molecule has 0 aliphatic rings. The highest BCUT2D eigenvalue weighted by atomic mass is 35.5. The quantitative estimate of drug-likeness (QED) is 0.223. The van der Waals surface area contributed by atoms with Crippen molar-refractivity contribution in [2.45, 2.75) is 6.67 Å². The molecule has 1 amide bonds. The van der Waals surface area contributed by atoms with Crippen LogP contribution in [0.4, 0.5) is 27.3 Å². The molecule has 0 unspecified atom stereocenters. The van der Waals surface area contributed by atoms with E-state index in [-0.39, 0.29) is 33.5 Å². The first-order valence-electron chi connectivity index (χ1n) is 11.4. The van der Waals surface area contributed by atoms with Gasteiger partial charge in [-0.3, -0.25) is 19.4 Å². The van der Waals surface area contributed by atoms with Gasteiger partial charge in [0.15, 0.2) is 0 Å². The van der Waals surface area contributed by atoms with E-state index in [1.165, 1.54) is 43.8 Å². The monoisotopic (exact) mass is 547 g/mol. The summed E-state index contributed by atoms with van der Waals surface area (Å²) < 4.78 is 24.2. The summed E-state index contributed by atoms with van der Waals surface area (Å²) in [7, 11) is 1.43. The molecule has 0 bridgehead atoms. The molecule has 2 heterocycles. The lowest BCUT2D eigenvalue weighted by molar-refractivity contribution is 0.0997. The molecule has 0 spiro atoms. The van der Waals surface area contributed by atoms with E-state index in [4.69, 9.17) is 26.8 Å². The average Bonchev–Trinajstić information content (AvgIpc) is 2.95. The Morgan fingerprint density at radius 1 is 0.974 bits per heavy atom. The summed E-state index contributed by atoms with van der Waals surface area (Å²) in [6.07, 6.45) is 2.93. The van der Waals surface area contributed by atoms with Crippen molar-refractivity contribution in [3.63, 3.8) is 0 Å². The maximum Gasteiger partial charge on any atom is 0.253 e. The summed E-state index contributed by atoms with van der Waals surface area (Å²) in [5, 5.41) is 6.34. The summed E-state index contributed by atoms with van der Waals surface area (Å²) >= 11 is 6.45. The van der Waals surface area contributed by atoms with E-state index >= 15 is 0 Å². The molecule has 196 valence electrons. The van der Waals surface area contributed by atoms with Gasteiger partial charge < -0.3 is 25.8 Å². The van der Waals surface area contributed by atoms with Gasteiger partial charge in [0.2, 0.25) is 0 Å². The number of nitrogens with one attached hydrogen (secondary N) is 2. The third-order valence-electron chi connectivity index (χ3n) is 5.86. The molecule has 0 saturated carbocycles. The molecular weight excluding hydrogens is 529 g/mol. The van der Waals surface area contributed by atoms with Crippen LogP contribution in [0.25, 0.3) is 10.9 Å². The molecule has 0 aliphatic carbocycles. The fourth-order valence-corrected chi connectivity index (χ4v) is 4.12. The second-order valence-corrected chi connectivity index (χ2v) is 8.74. The number of carbonyl (C=O) groups is 1. The zero-order chi connectivity index (χ0) is 27.7. The predicted octanol–water partition coefficient (Wildman–Crippen LogP) is 4.74. The van der Waals surface area contributed by atoms with Gasteiger partial charge in [-0.2, -0.15) is 0 Å². The van der Waals surface area contributed by atoms with E-state index in [1.807, 2.05) is 0 Å². The van der Waals surface area contributed by atoms with Gasteiger partial charge in [-0.25, -0.2) is 9.37 Å². The Balaban J connectivity index is 1.40. The van der Waals surface area contributed by atoms with Gasteiger partial charge in [0.1, 0.15) is 41.1 Å². The number of nitrogens with zero attached hydrogens (tertiary/aromatic N) is 2. The maximum atomic E-state index is 13.0. The number of aromatic nitrogens is 2. The number of primary amides is 1. The molecule has 5 aromatic rings. The highest BCUT2D eigenvalue weighted by molar-refractivity contribution is 6.33. The van der Waals surface area contributed by atoms with Crippen LogP contribution in [-0.2, 0) is 6.67 Å². The first-order chi connectivity index (χ1) is 18.8. The number of hydrogen-bond acceptors (Lipinski definition) is 9. The SMILES string of the molecule is COc1cc2nccc(Oc3ccc(Nc4c(Nc5cc(CF)ccn5)c(=O)c4=O)c(Cl)c3)c2cc1C(N)=O. The average molecular weight is 548 g/mol. The third kappa shape index (κ3) is 4.94. The van der Waals surface area contributed by atoms with Crippen LogP contribution in [0.1, 0.15) is 15.9 Å². The summed E-state index contributed by atoms with van der Waals surface area (Å²) in [5.74, 6) is 0.581. The van der Waals surface area contributed by atoms with Crippen LogP contribution in [0.3, 0.4) is 0 Å². The Morgan fingerprint density at radius 3 is 2.41 bits per heavy atom. The van der Waals surface area contributed by atoms with E-state index in [9.17, 15) is 18.8 Å². The van der Waals surface area contributed by atoms with Crippen molar-refractivity contribution in [2.75, 3.05) is 17.7 Å². The number of ether oxygens (including phenoxy) is 2. The number of amides is 1. The lowest BCUT2D eigenvalue weighted by atomic mass is 10.1. The Hall–Kier alpha value is -5.03. The van der Waals surface area contributed by atoms with E-state index in [2.05, 4.69) is 20.6 Å². The van der Waals surface area contributed by atoms with Gasteiger partial charge in [-0.05, 0) is 42.0 Å². The number of carbonyl (C=O) groups excluding carboxylic acids is 1. The van der Waals surface area contributed by atoms with Crippen molar-refractivity contribution >= 4 is 51.3 Å². The summed E-state index contributed by atoms with van der Waals surface area (Å²) in [4.78, 5) is 44.6. The molecule has 0 saturated heterocycles. The zero-order valence-electron chi connectivity index (χ0n) is 20.2. The lowest BCUT2D eigenvalue weighted by Gasteiger charge is -2.16. The van der Waals surface area contributed by atoms with Crippen LogP contribution in [0.15, 0.2) is 70.5 Å². The predicted molar refractivity (Wildman–Crippen MR) is 145 cm³/mol. The number of nitrogens with two attached hydrogens (primary N) is 1. The molecule has 0 atom stereocenters. The van der Waals surface area contributed by atoms with Gasteiger partial charge in [0.05, 0.1) is 28.9 Å². The Morgan fingerprint density at radius 2 is 1.72 bits per heavy atom. The van der Waals surface area contributed by atoms with Crippen LogP contribution in [-0.4, -0.2) is 23.0 Å². The summed E-state index contributed by atoms with van der Waals surface area (Å²) in [5.41, 5.74) is 5.39. The molecular formula is C27H19ClFN5O5. The molecule has 5 rings (SSSR count). The molecule has 4 N–H and O–H groups in total. The molecule has 12 heteroatoms. The minimum Gasteiger partial charge on any atom is -0.496 e. The van der Waals surface area contributed by atoms with Crippen LogP contribution in [0.5, 0.6) is 17.2 Å². The normalized spacial score (nSPS) is 10.9. The number of methoxy groups -OCH3 is 1. The van der Waals surface area contributed by atoms with Crippen molar-refractivity contribution in [1.29, 1.82) is 0 Å². The van der Waals surface area contributed by atoms with E-state index < -0.39 is 23.4 Å². The Labute approximate surface area is 224 Å². The molecule has 0 aliphatic heterocycles. The van der Waals surface area contributed by atoms with Crippen LogP contribution < -0.4 is 36.7 Å². The largest absolute Gasteiger partial charge is 0.496 e. The third-order valence-corrected chi connectivity index (χ3v) is 6.17. The van der Waals surface area contributed by atoms with Gasteiger partial charge in [0.25, 0.3) is 16.8 Å². The second kappa shape index (κ2) is 10.4. The number of alkyl halides is 1. The van der Waals surface area contributed by atoms with Crippen molar-refractivity contribution in [3.05, 3.63) is 97.5 Å². The fraction of sp³-hybridized carbons (Fsp3) is 0.0741. The molecule has 10 nitrogen and oxygen atoms in total. The molecule has 0 fully saturated rings. The minimum absolute atomic E-state index is 0.00363. The Kier molecular flexibility index (Phi) is 6.82. The van der Waals surface area contributed by atoms with Crippen LogP contribution in [0.2, 0.25) is 5.02 Å². The van der Waals surface area contributed by atoms with Crippen molar-refractivity contribution < 1.29 is 18.7 Å². The van der Waals surface area contributed by atoms with Crippen molar-refractivity contribution in [1.82, 2.24) is 9.97 Å². The maximum absolute atomic E-state index is 13.0. The van der Waals surface area contributed by atoms with Gasteiger partial charge >= 0.3 is 0 Å². The van der Waals surface area contributed by atoms with E-state index in [0.717, 1.165) is 0 Å². The number of benzene rings is 2. The number of hydrogen-bond donors (Lipinski definition) is 3. The summed E-state index contributed by atoms with van der Waals surface area (Å²) in [6, 6.07) is 12.4. The standard InChI is InChI=1S/C27H19ClFN5O5/c1-38-21-11-19-15(10-16(21)27(30)37)20(5-7-31-19)39-14-2-3-18(17(28)9-14)33-23-24(26(36)25(23)35)34-22-8-13(12-29)4-6-32-22/h2-11,33H,12H2,1H3,(H2,30,37)(H,32,34). The molecule has 39 heavy (non-hydrogen) atoms. The number of halogens is 2.